The Hall–Kier alpha value is -2.89. The van der Waals surface area contributed by atoms with Gasteiger partial charge in [-0.15, -0.1) is 0 Å². The molecule has 1 aromatic heterocycles. The van der Waals surface area contributed by atoms with Crippen LogP contribution in [-0.4, -0.2) is 29.3 Å². The fraction of sp³-hybridized carbons (Fsp3) is 0.235. The molecule has 0 fully saturated rings. The number of carbonyl (C=O) groups excluding carboxylic acids is 2. The van der Waals surface area contributed by atoms with Crippen LogP contribution in [0.15, 0.2) is 41.2 Å². The van der Waals surface area contributed by atoms with Gasteiger partial charge < -0.3 is 10.6 Å². The van der Waals surface area contributed by atoms with E-state index in [9.17, 15) is 14.4 Å². The van der Waals surface area contributed by atoms with Crippen molar-refractivity contribution in [2.24, 2.45) is 0 Å². The second-order valence-corrected chi connectivity index (χ2v) is 5.26. The molecule has 23 heavy (non-hydrogen) atoms. The Bertz CT molecular complexity index is 825. The van der Waals surface area contributed by atoms with Crippen molar-refractivity contribution in [2.45, 2.75) is 13.5 Å². The Kier molecular flexibility index (Phi) is 3.97. The lowest BCUT2D eigenvalue weighted by Gasteiger charge is -2.12. The van der Waals surface area contributed by atoms with E-state index in [0.29, 0.717) is 36.6 Å². The minimum Gasteiger partial charge on any atom is -0.369 e. The van der Waals surface area contributed by atoms with Gasteiger partial charge in [0.15, 0.2) is 5.78 Å². The minimum absolute atomic E-state index is 0.00131. The molecule has 0 radical (unpaired) electrons. The number of fused-ring (bicyclic) bond motifs is 1. The molecule has 0 atom stereocenters. The van der Waals surface area contributed by atoms with Crippen molar-refractivity contribution in [3.05, 3.63) is 63.4 Å². The SMILES string of the molecule is CCNC(=O)c1cc(C(=O)c2ccccc2)c2n(c1=O)CCN2. The largest absolute Gasteiger partial charge is 0.369 e. The van der Waals surface area contributed by atoms with E-state index in [0.717, 1.165) is 0 Å². The van der Waals surface area contributed by atoms with Crippen LogP contribution >= 0.6 is 0 Å². The van der Waals surface area contributed by atoms with E-state index in [4.69, 9.17) is 0 Å². The zero-order valence-electron chi connectivity index (χ0n) is 12.8. The zero-order chi connectivity index (χ0) is 16.4. The molecular weight excluding hydrogens is 294 g/mol. The molecule has 1 aliphatic heterocycles. The second-order valence-electron chi connectivity index (χ2n) is 5.26. The van der Waals surface area contributed by atoms with Crippen molar-refractivity contribution in [3.8, 4) is 0 Å². The highest BCUT2D eigenvalue weighted by Gasteiger charge is 2.25. The average molecular weight is 311 g/mol. The summed E-state index contributed by atoms with van der Waals surface area (Å²) in [4.78, 5) is 37.3. The molecule has 0 saturated carbocycles. The molecule has 2 aromatic rings. The third kappa shape index (κ3) is 2.63. The maximum Gasteiger partial charge on any atom is 0.265 e. The molecule has 6 nitrogen and oxygen atoms in total. The smallest absolute Gasteiger partial charge is 0.265 e. The Morgan fingerprint density at radius 2 is 1.96 bits per heavy atom. The van der Waals surface area contributed by atoms with Gasteiger partial charge in [-0.1, -0.05) is 30.3 Å². The van der Waals surface area contributed by atoms with E-state index >= 15 is 0 Å². The monoisotopic (exact) mass is 311 g/mol. The van der Waals surface area contributed by atoms with Crippen LogP contribution in [0, 0.1) is 0 Å². The highest BCUT2D eigenvalue weighted by Crippen LogP contribution is 2.22. The topological polar surface area (TPSA) is 80.2 Å². The Balaban J connectivity index is 2.15. The maximum atomic E-state index is 12.8. The number of aromatic nitrogens is 1. The fourth-order valence-corrected chi connectivity index (χ4v) is 2.69. The van der Waals surface area contributed by atoms with Crippen LogP contribution < -0.4 is 16.2 Å². The molecule has 2 heterocycles. The van der Waals surface area contributed by atoms with Crippen LogP contribution in [0.2, 0.25) is 0 Å². The van der Waals surface area contributed by atoms with Crippen molar-refractivity contribution >= 4 is 17.5 Å². The second kappa shape index (κ2) is 6.08. The lowest BCUT2D eigenvalue weighted by Crippen LogP contribution is -2.33. The lowest BCUT2D eigenvalue weighted by atomic mass is 10.0. The van der Waals surface area contributed by atoms with Crippen LogP contribution in [0.5, 0.6) is 0 Å². The summed E-state index contributed by atoms with van der Waals surface area (Å²) >= 11 is 0. The molecule has 2 N–H and O–H groups in total. The first-order valence-corrected chi connectivity index (χ1v) is 7.53. The van der Waals surface area contributed by atoms with Gasteiger partial charge in [0, 0.05) is 25.2 Å². The van der Waals surface area contributed by atoms with Gasteiger partial charge in [0.1, 0.15) is 11.4 Å². The third-order valence-electron chi connectivity index (χ3n) is 3.78. The quantitative estimate of drug-likeness (QED) is 0.833. The standard InChI is InChI=1S/C17H17N3O3/c1-2-18-16(22)13-10-12(14(21)11-6-4-3-5-7-11)15-19-8-9-20(15)17(13)23/h3-7,10,19H,2,8-9H2,1H3,(H,18,22). The van der Waals surface area contributed by atoms with Crippen LogP contribution in [0.4, 0.5) is 5.82 Å². The van der Waals surface area contributed by atoms with Gasteiger partial charge in [0.2, 0.25) is 0 Å². The van der Waals surface area contributed by atoms with Gasteiger partial charge in [0.05, 0.1) is 5.56 Å². The van der Waals surface area contributed by atoms with Crippen LogP contribution in [0.25, 0.3) is 0 Å². The molecule has 1 aromatic carbocycles. The van der Waals surface area contributed by atoms with Gasteiger partial charge in [0.25, 0.3) is 11.5 Å². The minimum atomic E-state index is -0.457. The summed E-state index contributed by atoms with van der Waals surface area (Å²) in [5.41, 5.74) is 0.484. The number of anilines is 1. The molecule has 0 spiro atoms. The Morgan fingerprint density at radius 1 is 1.22 bits per heavy atom. The molecule has 1 aliphatic rings. The Morgan fingerprint density at radius 3 is 2.65 bits per heavy atom. The van der Waals surface area contributed by atoms with Gasteiger partial charge in [-0.25, -0.2) is 0 Å². The van der Waals surface area contributed by atoms with Gasteiger partial charge in [-0.05, 0) is 13.0 Å². The number of benzene rings is 1. The summed E-state index contributed by atoms with van der Waals surface area (Å²) in [5.74, 6) is -0.187. The van der Waals surface area contributed by atoms with Gasteiger partial charge in [-0.3, -0.25) is 19.0 Å². The first kappa shape index (κ1) is 15.0. The number of amides is 1. The molecule has 3 rings (SSSR count). The molecule has 1 amide bonds. The van der Waals surface area contributed by atoms with E-state index in [-0.39, 0.29) is 16.9 Å². The van der Waals surface area contributed by atoms with Crippen molar-refractivity contribution in [3.63, 3.8) is 0 Å². The van der Waals surface area contributed by atoms with Gasteiger partial charge in [-0.2, -0.15) is 0 Å². The summed E-state index contributed by atoms with van der Waals surface area (Å²) in [5, 5.41) is 5.68. The van der Waals surface area contributed by atoms with Crippen molar-refractivity contribution < 1.29 is 9.59 Å². The summed E-state index contributed by atoms with van der Waals surface area (Å²) in [6, 6.07) is 10.2. The van der Waals surface area contributed by atoms with Gasteiger partial charge >= 0.3 is 0 Å². The number of carbonyl (C=O) groups is 2. The molecule has 0 saturated heterocycles. The van der Waals surface area contributed by atoms with E-state index in [2.05, 4.69) is 10.6 Å². The number of hydrogen-bond donors (Lipinski definition) is 2. The molecule has 6 heteroatoms. The summed E-state index contributed by atoms with van der Waals surface area (Å²) in [6.07, 6.45) is 0. The molecule has 0 unspecified atom stereocenters. The lowest BCUT2D eigenvalue weighted by molar-refractivity contribution is 0.0954. The number of nitrogens with one attached hydrogen (secondary N) is 2. The van der Waals surface area contributed by atoms with Crippen molar-refractivity contribution in [1.82, 2.24) is 9.88 Å². The van der Waals surface area contributed by atoms with Crippen LogP contribution in [0.3, 0.4) is 0 Å². The van der Waals surface area contributed by atoms with E-state index in [1.807, 2.05) is 6.07 Å². The van der Waals surface area contributed by atoms with Crippen molar-refractivity contribution in [1.29, 1.82) is 0 Å². The number of ketones is 1. The first-order chi connectivity index (χ1) is 11.1. The predicted molar refractivity (Wildman–Crippen MR) is 87.1 cm³/mol. The zero-order valence-corrected chi connectivity index (χ0v) is 12.8. The summed E-state index contributed by atoms with van der Waals surface area (Å²) in [6.45, 7) is 3.19. The fourth-order valence-electron chi connectivity index (χ4n) is 2.69. The number of hydrogen-bond acceptors (Lipinski definition) is 4. The number of pyridine rings is 1. The molecule has 118 valence electrons. The van der Waals surface area contributed by atoms with E-state index in [1.54, 1.807) is 31.2 Å². The molecular formula is C17H17N3O3. The predicted octanol–water partition coefficient (Wildman–Crippen LogP) is 1.25. The maximum absolute atomic E-state index is 12.8. The molecule has 0 bridgehead atoms. The normalized spacial score (nSPS) is 12.4. The first-order valence-electron chi connectivity index (χ1n) is 7.53. The average Bonchev–Trinajstić information content (AvgIpc) is 3.06. The third-order valence-corrected chi connectivity index (χ3v) is 3.78. The Labute approximate surface area is 133 Å². The molecule has 0 aliphatic carbocycles. The number of rotatable bonds is 4. The van der Waals surface area contributed by atoms with E-state index in [1.165, 1.54) is 10.6 Å². The highest BCUT2D eigenvalue weighted by molar-refractivity contribution is 6.13. The summed E-state index contributed by atoms with van der Waals surface area (Å²) in [7, 11) is 0. The van der Waals surface area contributed by atoms with Crippen LogP contribution in [-0.2, 0) is 6.54 Å². The van der Waals surface area contributed by atoms with Crippen LogP contribution in [0.1, 0.15) is 33.2 Å². The highest BCUT2D eigenvalue weighted by atomic mass is 16.2. The van der Waals surface area contributed by atoms with E-state index < -0.39 is 5.91 Å². The summed E-state index contributed by atoms with van der Waals surface area (Å²) < 4.78 is 1.46. The van der Waals surface area contributed by atoms with Crippen molar-refractivity contribution in [2.75, 3.05) is 18.4 Å². The number of nitrogens with zero attached hydrogens (tertiary/aromatic N) is 1.